The topological polar surface area (TPSA) is 47.3 Å². The highest BCUT2D eigenvalue weighted by Crippen LogP contribution is 2.35. The standard InChI is InChI=1S/C14H16O3S/c1-11(2)14(12-8-9-17-10-12)18(15,16)13-6-4-3-5-7-13/h3-11,14H,1-2H3/t14-/m1/s1. The molecule has 0 saturated carbocycles. The molecule has 1 aromatic carbocycles. The lowest BCUT2D eigenvalue weighted by Gasteiger charge is -2.20. The Hall–Kier alpha value is -1.55. The highest BCUT2D eigenvalue weighted by molar-refractivity contribution is 7.91. The van der Waals surface area contributed by atoms with Crippen LogP contribution in [-0.2, 0) is 9.84 Å². The van der Waals surface area contributed by atoms with Crippen molar-refractivity contribution in [3.63, 3.8) is 0 Å². The Labute approximate surface area is 107 Å². The molecule has 2 aromatic rings. The summed E-state index contributed by atoms with van der Waals surface area (Å²) in [6, 6.07) is 10.3. The average molecular weight is 264 g/mol. The van der Waals surface area contributed by atoms with Crippen molar-refractivity contribution >= 4 is 9.84 Å². The van der Waals surface area contributed by atoms with Gasteiger partial charge in [0.1, 0.15) is 0 Å². The lowest BCUT2D eigenvalue weighted by Crippen LogP contribution is -2.18. The largest absolute Gasteiger partial charge is 0.472 e. The first kappa shape index (κ1) is 12.9. The van der Waals surface area contributed by atoms with Crippen molar-refractivity contribution in [1.29, 1.82) is 0 Å². The van der Waals surface area contributed by atoms with Gasteiger partial charge in [0.05, 0.1) is 22.7 Å². The predicted molar refractivity (Wildman–Crippen MR) is 69.9 cm³/mol. The van der Waals surface area contributed by atoms with E-state index in [2.05, 4.69) is 0 Å². The van der Waals surface area contributed by atoms with Crippen molar-refractivity contribution in [2.75, 3.05) is 0 Å². The van der Waals surface area contributed by atoms with E-state index in [1.54, 1.807) is 36.4 Å². The van der Waals surface area contributed by atoms with E-state index in [1.165, 1.54) is 12.5 Å². The molecular weight excluding hydrogens is 248 g/mol. The number of furan rings is 1. The van der Waals surface area contributed by atoms with E-state index in [1.807, 2.05) is 13.8 Å². The van der Waals surface area contributed by atoms with Gasteiger partial charge in [0, 0.05) is 5.56 Å². The number of benzene rings is 1. The molecule has 0 bridgehead atoms. The quantitative estimate of drug-likeness (QED) is 0.849. The molecule has 3 nitrogen and oxygen atoms in total. The zero-order chi connectivity index (χ0) is 13.2. The molecule has 0 N–H and O–H groups in total. The minimum atomic E-state index is -3.38. The molecule has 1 aromatic heterocycles. The highest BCUT2D eigenvalue weighted by atomic mass is 32.2. The van der Waals surface area contributed by atoms with E-state index in [0.29, 0.717) is 10.5 Å². The summed E-state index contributed by atoms with van der Waals surface area (Å²) >= 11 is 0. The zero-order valence-electron chi connectivity index (χ0n) is 10.4. The summed E-state index contributed by atoms with van der Waals surface area (Å²) in [4.78, 5) is 0.352. The van der Waals surface area contributed by atoms with Gasteiger partial charge in [-0.15, -0.1) is 0 Å². The highest BCUT2D eigenvalue weighted by Gasteiger charge is 2.32. The number of rotatable bonds is 4. The normalized spacial score (nSPS) is 13.7. The smallest absolute Gasteiger partial charge is 0.185 e. The number of sulfone groups is 1. The van der Waals surface area contributed by atoms with Crippen LogP contribution in [0.2, 0.25) is 0 Å². The predicted octanol–water partition coefficient (Wildman–Crippen LogP) is 3.45. The maximum absolute atomic E-state index is 12.6. The molecule has 0 fully saturated rings. The Kier molecular flexibility index (Phi) is 3.57. The van der Waals surface area contributed by atoms with Crippen LogP contribution in [-0.4, -0.2) is 8.42 Å². The molecular formula is C14H16O3S. The van der Waals surface area contributed by atoms with Gasteiger partial charge in [-0.05, 0) is 24.1 Å². The molecule has 0 aliphatic carbocycles. The maximum atomic E-state index is 12.6. The first-order valence-corrected chi connectivity index (χ1v) is 7.39. The van der Waals surface area contributed by atoms with Gasteiger partial charge in [0.2, 0.25) is 0 Å². The second kappa shape index (κ2) is 4.98. The lowest BCUT2D eigenvalue weighted by atomic mass is 10.1. The van der Waals surface area contributed by atoms with Gasteiger partial charge in [-0.25, -0.2) is 8.42 Å². The number of hydrogen-bond acceptors (Lipinski definition) is 3. The molecule has 0 spiro atoms. The van der Waals surface area contributed by atoms with E-state index in [-0.39, 0.29) is 5.92 Å². The summed E-state index contributed by atoms with van der Waals surface area (Å²) in [7, 11) is -3.38. The summed E-state index contributed by atoms with van der Waals surface area (Å²) in [5, 5.41) is -0.571. The molecule has 4 heteroatoms. The molecule has 0 radical (unpaired) electrons. The van der Waals surface area contributed by atoms with Crippen LogP contribution < -0.4 is 0 Å². The zero-order valence-corrected chi connectivity index (χ0v) is 11.2. The molecule has 1 heterocycles. The molecule has 0 amide bonds. The monoisotopic (exact) mass is 264 g/mol. The van der Waals surface area contributed by atoms with Gasteiger partial charge in [-0.3, -0.25) is 0 Å². The van der Waals surface area contributed by atoms with Crippen molar-refractivity contribution in [3.05, 3.63) is 54.5 Å². The van der Waals surface area contributed by atoms with Crippen molar-refractivity contribution in [3.8, 4) is 0 Å². The van der Waals surface area contributed by atoms with E-state index >= 15 is 0 Å². The van der Waals surface area contributed by atoms with Gasteiger partial charge < -0.3 is 4.42 Å². The second-order valence-electron chi connectivity index (χ2n) is 4.58. The summed E-state index contributed by atoms with van der Waals surface area (Å²) in [6.07, 6.45) is 3.01. The second-order valence-corrected chi connectivity index (χ2v) is 6.65. The van der Waals surface area contributed by atoms with Crippen LogP contribution in [0.4, 0.5) is 0 Å². The van der Waals surface area contributed by atoms with Crippen LogP contribution in [0, 0.1) is 5.92 Å². The first-order valence-electron chi connectivity index (χ1n) is 5.84. The minimum absolute atomic E-state index is 0.0205. The third-order valence-corrected chi connectivity index (χ3v) is 5.30. The van der Waals surface area contributed by atoms with Gasteiger partial charge in [-0.2, -0.15) is 0 Å². The Morgan fingerprint density at radius 1 is 1.06 bits per heavy atom. The van der Waals surface area contributed by atoms with Gasteiger partial charge in [0.25, 0.3) is 0 Å². The fourth-order valence-electron chi connectivity index (χ4n) is 2.12. The SMILES string of the molecule is CC(C)[C@H](c1ccoc1)S(=O)(=O)c1ccccc1. The van der Waals surface area contributed by atoms with Gasteiger partial charge >= 0.3 is 0 Å². The van der Waals surface area contributed by atoms with Crippen molar-refractivity contribution < 1.29 is 12.8 Å². The summed E-state index contributed by atoms with van der Waals surface area (Å²) in [5.74, 6) is -0.0205. The Morgan fingerprint density at radius 3 is 2.22 bits per heavy atom. The fourth-order valence-corrected chi connectivity index (χ4v) is 4.15. The Balaban J connectivity index is 2.50. The summed E-state index contributed by atoms with van der Waals surface area (Å²) in [6.45, 7) is 3.80. The van der Waals surface area contributed by atoms with Crippen molar-refractivity contribution in [2.45, 2.75) is 24.0 Å². The molecule has 2 rings (SSSR count). The van der Waals surface area contributed by atoms with Crippen molar-refractivity contribution in [2.24, 2.45) is 5.92 Å². The molecule has 1 atom stereocenters. The fraction of sp³-hybridized carbons (Fsp3) is 0.286. The van der Waals surface area contributed by atoms with Crippen molar-refractivity contribution in [1.82, 2.24) is 0 Å². The molecule has 0 aliphatic rings. The van der Waals surface area contributed by atoms with Crippen LogP contribution in [0.3, 0.4) is 0 Å². The van der Waals surface area contributed by atoms with Crippen LogP contribution in [0.15, 0.2) is 58.2 Å². The molecule has 0 aliphatic heterocycles. The van der Waals surface area contributed by atoms with Gasteiger partial charge in [0.15, 0.2) is 9.84 Å². The Morgan fingerprint density at radius 2 is 1.72 bits per heavy atom. The maximum Gasteiger partial charge on any atom is 0.185 e. The van der Waals surface area contributed by atoms with Gasteiger partial charge in [-0.1, -0.05) is 32.0 Å². The summed E-state index contributed by atoms with van der Waals surface area (Å²) in [5.41, 5.74) is 0.703. The number of hydrogen-bond donors (Lipinski definition) is 0. The van der Waals surface area contributed by atoms with Crippen LogP contribution in [0.25, 0.3) is 0 Å². The van der Waals surface area contributed by atoms with Crippen LogP contribution in [0.5, 0.6) is 0 Å². The third-order valence-electron chi connectivity index (χ3n) is 2.88. The van der Waals surface area contributed by atoms with Crippen LogP contribution in [0.1, 0.15) is 24.7 Å². The van der Waals surface area contributed by atoms with E-state index in [0.717, 1.165) is 0 Å². The minimum Gasteiger partial charge on any atom is -0.472 e. The third kappa shape index (κ3) is 2.34. The average Bonchev–Trinajstić information content (AvgIpc) is 2.83. The first-order chi connectivity index (χ1) is 8.53. The van der Waals surface area contributed by atoms with Crippen LogP contribution >= 0.6 is 0 Å². The lowest BCUT2D eigenvalue weighted by molar-refractivity contribution is 0.528. The summed E-state index contributed by atoms with van der Waals surface area (Å²) < 4.78 is 30.3. The van der Waals surface area contributed by atoms with E-state index in [9.17, 15) is 8.42 Å². The molecule has 96 valence electrons. The molecule has 18 heavy (non-hydrogen) atoms. The molecule has 0 saturated heterocycles. The molecule has 0 unspecified atom stereocenters. The van der Waals surface area contributed by atoms with E-state index in [4.69, 9.17) is 4.42 Å². The Bertz CT molecular complexity index is 583. The van der Waals surface area contributed by atoms with E-state index < -0.39 is 15.1 Å².